The number of aromatic nitrogens is 2. The van der Waals surface area contributed by atoms with Crippen molar-refractivity contribution >= 4 is 11.6 Å². The van der Waals surface area contributed by atoms with E-state index in [1.165, 1.54) is 0 Å². The number of rotatable bonds is 4. The van der Waals surface area contributed by atoms with E-state index in [2.05, 4.69) is 10.2 Å². The lowest BCUT2D eigenvalue weighted by molar-refractivity contribution is 0.340. The van der Waals surface area contributed by atoms with Crippen molar-refractivity contribution in [3.63, 3.8) is 0 Å². The van der Waals surface area contributed by atoms with Crippen LogP contribution in [0.4, 0.5) is 0 Å². The summed E-state index contributed by atoms with van der Waals surface area (Å²) in [4.78, 5) is 0. The van der Waals surface area contributed by atoms with Gasteiger partial charge in [0.1, 0.15) is 11.1 Å². The van der Waals surface area contributed by atoms with E-state index in [0.717, 1.165) is 11.3 Å². The van der Waals surface area contributed by atoms with Gasteiger partial charge in [-0.3, -0.25) is 0 Å². The molecule has 2 rings (SSSR count). The average molecular weight is 253 g/mol. The molecule has 1 aromatic carbocycles. The van der Waals surface area contributed by atoms with Crippen molar-refractivity contribution in [2.45, 2.75) is 19.2 Å². The minimum Gasteiger partial charge on any atom is -0.494 e. The van der Waals surface area contributed by atoms with Crippen LogP contribution in [-0.2, 0) is 0 Å². The van der Waals surface area contributed by atoms with Gasteiger partial charge in [0.15, 0.2) is 0 Å². The van der Waals surface area contributed by atoms with Gasteiger partial charge >= 0.3 is 0 Å². The highest BCUT2D eigenvalue weighted by atomic mass is 35.5. The maximum Gasteiger partial charge on any atom is 0.247 e. The Balaban J connectivity index is 2.28. The Kier molecular flexibility index (Phi) is 3.64. The quantitative estimate of drug-likeness (QED) is 0.782. The SMILES string of the molecule is CCOc1cccc(-c2nnc(C(C)Cl)o2)c1. The Labute approximate surface area is 105 Å². The molecule has 1 atom stereocenters. The normalized spacial score (nSPS) is 12.4. The third-order valence-electron chi connectivity index (χ3n) is 2.17. The summed E-state index contributed by atoms with van der Waals surface area (Å²) in [6.45, 7) is 4.35. The molecule has 0 aliphatic carbocycles. The number of alkyl halides is 1. The van der Waals surface area contributed by atoms with Gasteiger partial charge in [0.05, 0.1) is 6.61 Å². The van der Waals surface area contributed by atoms with Gasteiger partial charge < -0.3 is 9.15 Å². The summed E-state index contributed by atoms with van der Waals surface area (Å²) in [5, 5.41) is 7.54. The fourth-order valence-corrected chi connectivity index (χ4v) is 1.49. The Morgan fingerprint density at radius 2 is 2.24 bits per heavy atom. The van der Waals surface area contributed by atoms with Crippen molar-refractivity contribution in [1.82, 2.24) is 10.2 Å². The standard InChI is InChI=1S/C12H13ClN2O2/c1-3-16-10-6-4-5-9(7-10)12-15-14-11(17-12)8(2)13/h4-8H,3H2,1-2H3. The van der Waals surface area contributed by atoms with Crippen LogP contribution in [0.25, 0.3) is 11.5 Å². The highest BCUT2D eigenvalue weighted by Crippen LogP contribution is 2.25. The zero-order valence-electron chi connectivity index (χ0n) is 9.68. The molecule has 0 radical (unpaired) electrons. The second-order valence-electron chi connectivity index (χ2n) is 3.52. The highest BCUT2D eigenvalue weighted by molar-refractivity contribution is 6.20. The average Bonchev–Trinajstić information content (AvgIpc) is 2.79. The molecule has 0 saturated carbocycles. The molecule has 17 heavy (non-hydrogen) atoms. The molecule has 0 bridgehead atoms. The molecule has 0 aliphatic heterocycles. The molecule has 0 saturated heterocycles. The fourth-order valence-electron chi connectivity index (χ4n) is 1.40. The van der Waals surface area contributed by atoms with Crippen molar-refractivity contribution in [3.05, 3.63) is 30.2 Å². The molecule has 0 amide bonds. The first-order valence-corrected chi connectivity index (χ1v) is 5.85. The summed E-state index contributed by atoms with van der Waals surface area (Å²) in [5.41, 5.74) is 0.826. The van der Waals surface area contributed by atoms with E-state index < -0.39 is 0 Å². The maximum atomic E-state index is 5.86. The van der Waals surface area contributed by atoms with Crippen LogP contribution in [0, 0.1) is 0 Å². The summed E-state index contributed by atoms with van der Waals surface area (Å²) in [6.07, 6.45) is 0. The number of benzene rings is 1. The molecule has 2 aromatic rings. The molecule has 5 heteroatoms. The lowest BCUT2D eigenvalue weighted by atomic mass is 10.2. The van der Waals surface area contributed by atoms with Crippen molar-refractivity contribution in [3.8, 4) is 17.2 Å². The molecule has 0 fully saturated rings. The number of nitrogens with zero attached hydrogens (tertiary/aromatic N) is 2. The van der Waals surface area contributed by atoms with Gasteiger partial charge in [0.25, 0.3) is 0 Å². The second kappa shape index (κ2) is 5.19. The zero-order chi connectivity index (χ0) is 12.3. The molecule has 0 N–H and O–H groups in total. The van der Waals surface area contributed by atoms with Gasteiger partial charge in [0.2, 0.25) is 11.8 Å². The minimum absolute atomic E-state index is 0.286. The third-order valence-corrected chi connectivity index (χ3v) is 2.36. The molecule has 0 aliphatic rings. The first-order valence-electron chi connectivity index (χ1n) is 5.41. The van der Waals surface area contributed by atoms with E-state index in [0.29, 0.717) is 18.4 Å². The Hall–Kier alpha value is -1.55. The van der Waals surface area contributed by atoms with Crippen LogP contribution in [0.1, 0.15) is 25.1 Å². The minimum atomic E-state index is -0.286. The largest absolute Gasteiger partial charge is 0.494 e. The van der Waals surface area contributed by atoms with Crippen molar-refractivity contribution in [2.75, 3.05) is 6.61 Å². The van der Waals surface area contributed by atoms with Crippen molar-refractivity contribution in [1.29, 1.82) is 0 Å². The van der Waals surface area contributed by atoms with E-state index >= 15 is 0 Å². The van der Waals surface area contributed by atoms with E-state index in [1.54, 1.807) is 6.92 Å². The molecule has 1 aromatic heterocycles. The van der Waals surface area contributed by atoms with Gasteiger partial charge in [0, 0.05) is 5.56 Å². The Morgan fingerprint density at radius 3 is 2.88 bits per heavy atom. The summed E-state index contributed by atoms with van der Waals surface area (Å²) >= 11 is 5.86. The topological polar surface area (TPSA) is 48.2 Å². The molecular weight excluding hydrogens is 240 g/mol. The second-order valence-corrected chi connectivity index (χ2v) is 4.18. The zero-order valence-corrected chi connectivity index (χ0v) is 10.4. The predicted molar refractivity (Wildman–Crippen MR) is 65.2 cm³/mol. The van der Waals surface area contributed by atoms with Gasteiger partial charge in [-0.05, 0) is 32.0 Å². The van der Waals surface area contributed by atoms with Crippen molar-refractivity contribution in [2.24, 2.45) is 0 Å². The number of ether oxygens (including phenoxy) is 1. The van der Waals surface area contributed by atoms with Crippen LogP contribution in [0.3, 0.4) is 0 Å². The molecule has 1 heterocycles. The summed E-state index contributed by atoms with van der Waals surface area (Å²) < 4.78 is 10.9. The lowest BCUT2D eigenvalue weighted by Gasteiger charge is -2.03. The van der Waals surface area contributed by atoms with Crippen LogP contribution in [0.5, 0.6) is 5.75 Å². The molecular formula is C12H13ClN2O2. The monoisotopic (exact) mass is 252 g/mol. The third kappa shape index (κ3) is 2.77. The smallest absolute Gasteiger partial charge is 0.247 e. The van der Waals surface area contributed by atoms with Gasteiger partial charge in [-0.15, -0.1) is 21.8 Å². The molecule has 1 unspecified atom stereocenters. The number of hydrogen-bond donors (Lipinski definition) is 0. The van der Waals surface area contributed by atoms with E-state index in [9.17, 15) is 0 Å². The number of halogens is 1. The Morgan fingerprint density at radius 1 is 1.41 bits per heavy atom. The van der Waals surface area contributed by atoms with Crippen LogP contribution >= 0.6 is 11.6 Å². The maximum absolute atomic E-state index is 5.86. The predicted octanol–water partition coefficient (Wildman–Crippen LogP) is 3.44. The molecule has 0 spiro atoms. The van der Waals surface area contributed by atoms with E-state index in [-0.39, 0.29) is 5.38 Å². The first kappa shape index (κ1) is 11.9. The Bertz CT molecular complexity index is 497. The van der Waals surface area contributed by atoms with Crippen LogP contribution in [0.2, 0.25) is 0 Å². The summed E-state index contributed by atoms with van der Waals surface area (Å²) in [5.74, 6) is 1.65. The van der Waals surface area contributed by atoms with Gasteiger partial charge in [-0.1, -0.05) is 6.07 Å². The number of hydrogen-bond acceptors (Lipinski definition) is 4. The molecule has 4 nitrogen and oxygen atoms in total. The summed E-state index contributed by atoms with van der Waals surface area (Å²) in [6, 6.07) is 7.52. The molecule has 90 valence electrons. The van der Waals surface area contributed by atoms with Crippen molar-refractivity contribution < 1.29 is 9.15 Å². The van der Waals surface area contributed by atoms with Gasteiger partial charge in [-0.2, -0.15) is 0 Å². The van der Waals surface area contributed by atoms with Crippen LogP contribution in [-0.4, -0.2) is 16.8 Å². The highest BCUT2D eigenvalue weighted by Gasteiger charge is 2.12. The van der Waals surface area contributed by atoms with E-state index in [1.807, 2.05) is 31.2 Å². The van der Waals surface area contributed by atoms with E-state index in [4.69, 9.17) is 20.8 Å². The fraction of sp³-hybridized carbons (Fsp3) is 0.333. The van der Waals surface area contributed by atoms with Crippen LogP contribution in [0.15, 0.2) is 28.7 Å². The summed E-state index contributed by atoms with van der Waals surface area (Å²) in [7, 11) is 0. The van der Waals surface area contributed by atoms with Crippen LogP contribution < -0.4 is 4.74 Å². The lowest BCUT2D eigenvalue weighted by Crippen LogP contribution is -1.91. The first-order chi connectivity index (χ1) is 8.20. The van der Waals surface area contributed by atoms with Gasteiger partial charge in [-0.25, -0.2) is 0 Å².